The summed E-state index contributed by atoms with van der Waals surface area (Å²) in [5.41, 5.74) is 2.21. The Bertz CT molecular complexity index is 928. The van der Waals surface area contributed by atoms with E-state index in [0.717, 1.165) is 11.1 Å². The van der Waals surface area contributed by atoms with E-state index in [1.54, 1.807) is 37.4 Å². The van der Waals surface area contributed by atoms with Crippen molar-refractivity contribution < 1.29 is 28.6 Å². The molecule has 166 valence electrons. The lowest BCUT2D eigenvalue weighted by atomic mass is 10.1. The standard InChI is InChI=1S/C23H28N2O6/c1-15-7-5-6-8-18(15)23(28)24-12-11-21(26)31-16(2)22(27)25-14-17-9-10-19(29-3)20(13-17)30-4/h5-10,13,16H,11-12,14H2,1-4H3,(H,24,28)(H,25,27). The van der Waals surface area contributed by atoms with Crippen molar-refractivity contribution in [2.75, 3.05) is 20.8 Å². The van der Waals surface area contributed by atoms with Gasteiger partial charge >= 0.3 is 5.97 Å². The zero-order chi connectivity index (χ0) is 22.8. The van der Waals surface area contributed by atoms with Gasteiger partial charge < -0.3 is 24.8 Å². The van der Waals surface area contributed by atoms with Crippen molar-refractivity contribution in [1.82, 2.24) is 10.6 Å². The summed E-state index contributed by atoms with van der Waals surface area (Å²) in [6.45, 7) is 3.69. The average Bonchev–Trinajstić information content (AvgIpc) is 2.77. The maximum atomic E-state index is 12.2. The number of hydrogen-bond donors (Lipinski definition) is 2. The Morgan fingerprint density at radius 3 is 2.35 bits per heavy atom. The molecule has 0 aliphatic rings. The van der Waals surface area contributed by atoms with E-state index in [1.807, 2.05) is 19.1 Å². The number of amides is 2. The van der Waals surface area contributed by atoms with Crippen molar-refractivity contribution in [3.8, 4) is 11.5 Å². The largest absolute Gasteiger partial charge is 0.493 e. The second-order valence-electron chi connectivity index (χ2n) is 6.86. The Balaban J connectivity index is 1.75. The van der Waals surface area contributed by atoms with E-state index in [1.165, 1.54) is 14.0 Å². The van der Waals surface area contributed by atoms with E-state index in [2.05, 4.69) is 10.6 Å². The van der Waals surface area contributed by atoms with Gasteiger partial charge in [0.1, 0.15) is 0 Å². The smallest absolute Gasteiger partial charge is 0.308 e. The van der Waals surface area contributed by atoms with Crippen LogP contribution in [0.2, 0.25) is 0 Å². The monoisotopic (exact) mass is 428 g/mol. The number of carbonyl (C=O) groups excluding carboxylic acids is 3. The quantitative estimate of drug-likeness (QED) is 0.563. The highest BCUT2D eigenvalue weighted by atomic mass is 16.5. The minimum atomic E-state index is -0.959. The first-order chi connectivity index (χ1) is 14.8. The summed E-state index contributed by atoms with van der Waals surface area (Å²) >= 11 is 0. The topological polar surface area (TPSA) is 103 Å². The van der Waals surface area contributed by atoms with Gasteiger partial charge in [0.15, 0.2) is 17.6 Å². The predicted molar refractivity (Wildman–Crippen MR) is 115 cm³/mol. The Morgan fingerprint density at radius 2 is 1.68 bits per heavy atom. The van der Waals surface area contributed by atoms with E-state index < -0.39 is 18.0 Å². The highest BCUT2D eigenvalue weighted by Crippen LogP contribution is 2.27. The molecule has 2 amide bonds. The third-order valence-corrected chi connectivity index (χ3v) is 4.60. The minimum absolute atomic E-state index is 0.0368. The Hall–Kier alpha value is -3.55. The normalized spacial score (nSPS) is 11.2. The Kier molecular flexibility index (Phi) is 8.87. The van der Waals surface area contributed by atoms with Crippen molar-refractivity contribution in [2.45, 2.75) is 32.9 Å². The van der Waals surface area contributed by atoms with Crippen molar-refractivity contribution >= 4 is 17.8 Å². The minimum Gasteiger partial charge on any atom is -0.493 e. The molecule has 0 aromatic heterocycles. The molecule has 2 aromatic carbocycles. The zero-order valence-corrected chi connectivity index (χ0v) is 18.2. The third kappa shape index (κ3) is 7.02. The predicted octanol–water partition coefficient (Wildman–Crippen LogP) is 2.38. The molecule has 1 unspecified atom stereocenters. The number of methoxy groups -OCH3 is 2. The molecule has 8 heteroatoms. The number of nitrogens with one attached hydrogen (secondary N) is 2. The maximum Gasteiger partial charge on any atom is 0.308 e. The van der Waals surface area contributed by atoms with E-state index in [9.17, 15) is 14.4 Å². The fourth-order valence-electron chi connectivity index (χ4n) is 2.83. The van der Waals surface area contributed by atoms with Gasteiger partial charge in [-0.05, 0) is 43.2 Å². The lowest BCUT2D eigenvalue weighted by Crippen LogP contribution is -2.36. The summed E-state index contributed by atoms with van der Waals surface area (Å²) < 4.78 is 15.6. The summed E-state index contributed by atoms with van der Waals surface area (Å²) in [7, 11) is 3.08. The van der Waals surface area contributed by atoms with Crippen molar-refractivity contribution in [3.05, 3.63) is 59.2 Å². The molecular weight excluding hydrogens is 400 g/mol. The summed E-state index contributed by atoms with van der Waals surface area (Å²) in [5, 5.41) is 5.39. The Labute approximate surface area is 181 Å². The first kappa shape index (κ1) is 23.7. The zero-order valence-electron chi connectivity index (χ0n) is 18.2. The van der Waals surface area contributed by atoms with Crippen LogP contribution in [0.3, 0.4) is 0 Å². The van der Waals surface area contributed by atoms with E-state index in [4.69, 9.17) is 14.2 Å². The fourth-order valence-corrected chi connectivity index (χ4v) is 2.83. The second kappa shape index (κ2) is 11.6. The highest BCUT2D eigenvalue weighted by molar-refractivity contribution is 5.95. The summed E-state index contributed by atoms with van der Waals surface area (Å²) in [6.07, 6.45) is -0.995. The molecule has 0 aliphatic carbocycles. The molecule has 0 bridgehead atoms. The molecule has 0 spiro atoms. The molecule has 2 N–H and O–H groups in total. The van der Waals surface area contributed by atoms with Gasteiger partial charge in [-0.3, -0.25) is 14.4 Å². The van der Waals surface area contributed by atoms with Gasteiger partial charge in [0, 0.05) is 18.7 Å². The first-order valence-electron chi connectivity index (χ1n) is 9.87. The molecule has 1 atom stereocenters. The van der Waals surface area contributed by atoms with E-state index in [-0.39, 0.29) is 25.4 Å². The first-order valence-corrected chi connectivity index (χ1v) is 9.87. The van der Waals surface area contributed by atoms with Gasteiger partial charge in [-0.15, -0.1) is 0 Å². The maximum absolute atomic E-state index is 12.2. The van der Waals surface area contributed by atoms with Gasteiger partial charge in [0.2, 0.25) is 0 Å². The lowest BCUT2D eigenvalue weighted by molar-refractivity contribution is -0.154. The Morgan fingerprint density at radius 1 is 0.968 bits per heavy atom. The van der Waals surface area contributed by atoms with Crippen LogP contribution in [0.25, 0.3) is 0 Å². The van der Waals surface area contributed by atoms with Crippen LogP contribution >= 0.6 is 0 Å². The number of aryl methyl sites for hydroxylation is 1. The number of ether oxygens (including phenoxy) is 3. The van der Waals surface area contributed by atoms with Crippen LogP contribution in [-0.4, -0.2) is 44.7 Å². The van der Waals surface area contributed by atoms with E-state index in [0.29, 0.717) is 17.1 Å². The lowest BCUT2D eigenvalue weighted by Gasteiger charge is -2.14. The molecule has 0 heterocycles. The number of hydrogen-bond acceptors (Lipinski definition) is 6. The molecule has 2 aromatic rings. The fraction of sp³-hybridized carbons (Fsp3) is 0.348. The number of esters is 1. The SMILES string of the molecule is COc1ccc(CNC(=O)C(C)OC(=O)CCNC(=O)c2ccccc2C)cc1OC. The molecule has 31 heavy (non-hydrogen) atoms. The summed E-state index contributed by atoms with van der Waals surface area (Å²) in [5.74, 6) is -0.103. The summed E-state index contributed by atoms with van der Waals surface area (Å²) in [6, 6.07) is 12.5. The van der Waals surface area contributed by atoms with Gasteiger partial charge in [-0.1, -0.05) is 24.3 Å². The van der Waals surface area contributed by atoms with Gasteiger partial charge in [-0.2, -0.15) is 0 Å². The van der Waals surface area contributed by atoms with Crippen LogP contribution < -0.4 is 20.1 Å². The second-order valence-corrected chi connectivity index (χ2v) is 6.86. The van der Waals surface area contributed by atoms with Crippen LogP contribution in [0.15, 0.2) is 42.5 Å². The van der Waals surface area contributed by atoms with Crippen LogP contribution in [0.5, 0.6) is 11.5 Å². The van der Waals surface area contributed by atoms with Crippen molar-refractivity contribution in [1.29, 1.82) is 0 Å². The molecule has 0 fully saturated rings. The number of rotatable bonds is 10. The molecule has 0 aliphatic heterocycles. The number of benzene rings is 2. The summed E-state index contributed by atoms with van der Waals surface area (Å²) in [4.78, 5) is 36.3. The average molecular weight is 428 g/mol. The van der Waals surface area contributed by atoms with Crippen molar-refractivity contribution in [2.24, 2.45) is 0 Å². The van der Waals surface area contributed by atoms with Gasteiger partial charge in [0.25, 0.3) is 11.8 Å². The molecule has 0 saturated heterocycles. The molecule has 2 rings (SSSR count). The molecule has 8 nitrogen and oxygen atoms in total. The number of carbonyl (C=O) groups is 3. The van der Waals surface area contributed by atoms with Crippen molar-refractivity contribution in [3.63, 3.8) is 0 Å². The molecular formula is C23H28N2O6. The highest BCUT2D eigenvalue weighted by Gasteiger charge is 2.18. The third-order valence-electron chi connectivity index (χ3n) is 4.60. The van der Waals surface area contributed by atoms with Gasteiger partial charge in [0.05, 0.1) is 20.6 Å². The van der Waals surface area contributed by atoms with Crippen LogP contribution in [0.4, 0.5) is 0 Å². The van der Waals surface area contributed by atoms with Crippen LogP contribution in [0, 0.1) is 6.92 Å². The molecule has 0 saturated carbocycles. The van der Waals surface area contributed by atoms with Crippen LogP contribution in [-0.2, 0) is 20.9 Å². The molecule has 0 radical (unpaired) electrons. The van der Waals surface area contributed by atoms with Crippen LogP contribution in [0.1, 0.15) is 34.8 Å². The van der Waals surface area contributed by atoms with E-state index >= 15 is 0 Å². The van der Waals surface area contributed by atoms with Gasteiger partial charge in [-0.25, -0.2) is 0 Å².